The fourth-order valence-electron chi connectivity index (χ4n) is 4.22. The van der Waals surface area contributed by atoms with Crippen molar-refractivity contribution < 1.29 is 22.7 Å². The molecule has 2 aromatic rings. The summed E-state index contributed by atoms with van der Waals surface area (Å²) in [7, 11) is -3.35. The van der Waals surface area contributed by atoms with Crippen molar-refractivity contribution in [1.82, 2.24) is 5.32 Å². The molecule has 2 aliphatic rings. The van der Waals surface area contributed by atoms with Gasteiger partial charge in [-0.3, -0.25) is 9.10 Å². The van der Waals surface area contributed by atoms with Crippen LogP contribution in [-0.2, 0) is 21.9 Å². The molecule has 2 heterocycles. The molecule has 0 fully saturated rings. The number of carbonyl (C=O) groups excluding carboxylic acids is 1. The molecule has 2 aliphatic heterocycles. The molecule has 7 nitrogen and oxygen atoms in total. The normalized spacial score (nSPS) is 17.9. The number of amides is 1. The Labute approximate surface area is 183 Å². The van der Waals surface area contributed by atoms with E-state index < -0.39 is 10.0 Å². The van der Waals surface area contributed by atoms with Crippen LogP contribution in [0.4, 0.5) is 5.69 Å². The molecule has 166 valence electrons. The van der Waals surface area contributed by atoms with Crippen LogP contribution in [0.1, 0.15) is 42.3 Å². The van der Waals surface area contributed by atoms with Crippen LogP contribution in [0.3, 0.4) is 0 Å². The number of anilines is 1. The smallest absolute Gasteiger partial charge is 0.251 e. The molecule has 4 rings (SSSR count). The molecule has 1 unspecified atom stereocenters. The summed E-state index contributed by atoms with van der Waals surface area (Å²) in [6.45, 7) is 7.51. The lowest BCUT2D eigenvalue weighted by molar-refractivity contribution is 0.0945. The van der Waals surface area contributed by atoms with Crippen LogP contribution in [0.5, 0.6) is 11.5 Å². The maximum atomic E-state index is 12.8. The van der Waals surface area contributed by atoms with E-state index in [-0.39, 0.29) is 17.4 Å². The zero-order valence-corrected chi connectivity index (χ0v) is 19.1. The predicted molar refractivity (Wildman–Crippen MR) is 120 cm³/mol. The summed E-state index contributed by atoms with van der Waals surface area (Å²) in [6.07, 6.45) is 1.80. The number of carbonyl (C=O) groups is 1. The van der Waals surface area contributed by atoms with Crippen LogP contribution >= 0.6 is 0 Å². The van der Waals surface area contributed by atoms with Crippen LogP contribution in [0.25, 0.3) is 0 Å². The van der Waals surface area contributed by atoms with Crippen LogP contribution in [0.15, 0.2) is 36.4 Å². The minimum absolute atomic E-state index is 0.155. The van der Waals surface area contributed by atoms with Gasteiger partial charge >= 0.3 is 0 Å². The molecule has 0 saturated carbocycles. The molecule has 1 atom stereocenters. The summed E-state index contributed by atoms with van der Waals surface area (Å²) in [4.78, 5) is 12.8. The number of fused-ring (bicyclic) bond motifs is 2. The molecule has 0 aromatic heterocycles. The van der Waals surface area contributed by atoms with Gasteiger partial charge < -0.3 is 14.8 Å². The van der Waals surface area contributed by atoms with Gasteiger partial charge in [-0.15, -0.1) is 0 Å². The van der Waals surface area contributed by atoms with E-state index in [0.717, 1.165) is 22.6 Å². The molecular formula is C23H28N2O5S. The van der Waals surface area contributed by atoms with Gasteiger partial charge in [0.1, 0.15) is 13.2 Å². The molecule has 2 aromatic carbocycles. The van der Waals surface area contributed by atoms with Crippen molar-refractivity contribution in [3.8, 4) is 11.5 Å². The van der Waals surface area contributed by atoms with Crippen molar-refractivity contribution in [2.45, 2.75) is 38.6 Å². The third kappa shape index (κ3) is 4.21. The summed E-state index contributed by atoms with van der Waals surface area (Å²) in [6, 6.07) is 10.9. The number of hydrogen-bond donors (Lipinski definition) is 1. The number of rotatable bonds is 5. The van der Waals surface area contributed by atoms with Crippen molar-refractivity contribution in [1.29, 1.82) is 0 Å². The van der Waals surface area contributed by atoms with Gasteiger partial charge in [-0.1, -0.05) is 19.9 Å². The Bertz CT molecular complexity index is 1130. The Balaban J connectivity index is 1.47. The van der Waals surface area contributed by atoms with Gasteiger partial charge in [-0.2, -0.15) is 0 Å². The number of hydrogen-bond acceptors (Lipinski definition) is 5. The summed E-state index contributed by atoms with van der Waals surface area (Å²) in [5.41, 5.74) is 2.78. The lowest BCUT2D eigenvalue weighted by atomic mass is 9.84. The predicted octanol–water partition coefficient (Wildman–Crippen LogP) is 2.88. The quantitative estimate of drug-likeness (QED) is 0.767. The molecule has 0 saturated heterocycles. The molecule has 0 spiro atoms. The number of sulfonamides is 1. The molecule has 0 bridgehead atoms. The van der Waals surface area contributed by atoms with Gasteiger partial charge in [0.05, 0.1) is 11.9 Å². The van der Waals surface area contributed by atoms with Gasteiger partial charge in [-0.25, -0.2) is 8.42 Å². The second kappa shape index (κ2) is 7.75. The Morgan fingerprint density at radius 3 is 2.55 bits per heavy atom. The monoisotopic (exact) mass is 444 g/mol. The number of benzene rings is 2. The summed E-state index contributed by atoms with van der Waals surface area (Å²) in [5, 5.41) is 3.02. The fourth-order valence-corrected chi connectivity index (χ4v) is 5.48. The largest absolute Gasteiger partial charge is 0.486 e. The second-order valence-corrected chi connectivity index (χ2v) is 10.7. The van der Waals surface area contributed by atoms with Gasteiger partial charge in [0.15, 0.2) is 11.5 Å². The first-order valence-corrected chi connectivity index (χ1v) is 12.2. The lowest BCUT2D eigenvalue weighted by Crippen LogP contribution is -2.36. The molecule has 31 heavy (non-hydrogen) atoms. The highest BCUT2D eigenvalue weighted by Gasteiger charge is 2.33. The highest BCUT2D eigenvalue weighted by atomic mass is 32.2. The molecule has 0 radical (unpaired) electrons. The van der Waals surface area contributed by atoms with Crippen LogP contribution in [0.2, 0.25) is 0 Å². The highest BCUT2D eigenvalue weighted by molar-refractivity contribution is 7.92. The Morgan fingerprint density at radius 1 is 1.13 bits per heavy atom. The van der Waals surface area contributed by atoms with E-state index in [0.29, 0.717) is 37.4 Å². The summed E-state index contributed by atoms with van der Waals surface area (Å²) < 4.78 is 36.9. The number of nitrogens with one attached hydrogen (secondary N) is 1. The lowest BCUT2D eigenvalue weighted by Gasteiger charge is -2.28. The van der Waals surface area contributed by atoms with Crippen molar-refractivity contribution in [3.05, 3.63) is 53.1 Å². The zero-order valence-electron chi connectivity index (χ0n) is 18.3. The van der Waals surface area contributed by atoms with Crippen LogP contribution in [-0.4, -0.2) is 46.4 Å². The third-order valence-corrected chi connectivity index (χ3v) is 7.14. The second-order valence-electron chi connectivity index (χ2n) is 8.88. The van der Waals surface area contributed by atoms with E-state index >= 15 is 0 Å². The minimum atomic E-state index is -3.35. The van der Waals surface area contributed by atoms with Crippen molar-refractivity contribution in [2.24, 2.45) is 0 Å². The maximum Gasteiger partial charge on any atom is 0.251 e. The fraction of sp³-hybridized carbons (Fsp3) is 0.435. The molecule has 8 heteroatoms. The van der Waals surface area contributed by atoms with Gasteiger partial charge in [0, 0.05) is 23.6 Å². The molecular weight excluding hydrogens is 416 g/mol. The van der Waals surface area contributed by atoms with Gasteiger partial charge in [-0.05, 0) is 54.8 Å². The zero-order chi connectivity index (χ0) is 22.4. The average molecular weight is 445 g/mol. The minimum Gasteiger partial charge on any atom is -0.486 e. The standard InChI is InChI=1S/C23H28N2O5S/c1-15-11-17-12-16(5-7-19(17)25(15)31(4,27)28)22(26)24-14-23(2,3)18-6-8-20-21(13-18)30-10-9-29-20/h5-8,12-13,15H,9-11,14H2,1-4H3,(H,24,26). The van der Waals surface area contributed by atoms with Crippen molar-refractivity contribution >= 4 is 21.6 Å². The molecule has 1 amide bonds. The van der Waals surface area contributed by atoms with E-state index in [1.165, 1.54) is 10.6 Å². The van der Waals surface area contributed by atoms with Gasteiger partial charge in [0.25, 0.3) is 5.91 Å². The first-order chi connectivity index (χ1) is 14.6. The molecule has 0 aliphatic carbocycles. The van der Waals surface area contributed by atoms with Crippen LogP contribution < -0.4 is 19.1 Å². The summed E-state index contributed by atoms with van der Waals surface area (Å²) in [5.74, 6) is 1.29. The molecule has 1 N–H and O–H groups in total. The summed E-state index contributed by atoms with van der Waals surface area (Å²) >= 11 is 0. The number of ether oxygens (including phenoxy) is 2. The van der Waals surface area contributed by atoms with E-state index in [4.69, 9.17) is 9.47 Å². The van der Waals surface area contributed by atoms with Crippen molar-refractivity contribution in [3.63, 3.8) is 0 Å². The van der Waals surface area contributed by atoms with E-state index in [2.05, 4.69) is 19.2 Å². The first kappa shape index (κ1) is 21.5. The van der Waals surface area contributed by atoms with Gasteiger partial charge in [0.2, 0.25) is 10.0 Å². The van der Waals surface area contributed by atoms with Crippen LogP contribution in [0, 0.1) is 0 Å². The highest BCUT2D eigenvalue weighted by Crippen LogP contribution is 2.36. The third-order valence-electron chi connectivity index (χ3n) is 5.87. The van der Waals surface area contributed by atoms with E-state index in [1.807, 2.05) is 25.1 Å². The Kier molecular flexibility index (Phi) is 5.37. The van der Waals surface area contributed by atoms with E-state index in [9.17, 15) is 13.2 Å². The Hall–Kier alpha value is -2.74. The van der Waals surface area contributed by atoms with Crippen molar-refractivity contribution in [2.75, 3.05) is 30.3 Å². The maximum absolute atomic E-state index is 12.8. The first-order valence-electron chi connectivity index (χ1n) is 10.4. The topological polar surface area (TPSA) is 84.9 Å². The van der Waals surface area contributed by atoms with E-state index in [1.54, 1.807) is 18.2 Å². The Morgan fingerprint density at radius 2 is 1.84 bits per heavy atom. The average Bonchev–Trinajstić information content (AvgIpc) is 3.06. The SMILES string of the molecule is CC1Cc2cc(C(=O)NCC(C)(C)c3ccc4c(c3)OCCO4)ccc2N1S(C)(=O)=O. The number of nitrogens with zero attached hydrogens (tertiary/aromatic N) is 1.